The number of nitrogens with one attached hydrogen (secondary N) is 1. The molecular weight excluding hydrogens is 316 g/mol. The normalized spacial score (nSPS) is 15.3. The summed E-state index contributed by atoms with van der Waals surface area (Å²) in [5, 5.41) is 2.69. The first-order valence-corrected chi connectivity index (χ1v) is 9.10. The van der Waals surface area contributed by atoms with E-state index in [2.05, 4.69) is 19.2 Å². The van der Waals surface area contributed by atoms with Crippen LogP contribution in [0, 0.1) is 0 Å². The highest BCUT2D eigenvalue weighted by atomic mass is 16.6. The van der Waals surface area contributed by atoms with Crippen molar-refractivity contribution in [1.82, 2.24) is 4.90 Å². The van der Waals surface area contributed by atoms with E-state index in [0.717, 1.165) is 12.8 Å². The minimum Gasteiger partial charge on any atom is -0.444 e. The first kappa shape index (κ1) is 19.3. The monoisotopic (exact) mass is 346 g/mol. The molecule has 0 spiro atoms. The number of carbonyl (C=O) groups is 2. The Balaban J connectivity index is 2.05. The number of hydrogen-bond acceptors (Lipinski definition) is 3. The van der Waals surface area contributed by atoms with Gasteiger partial charge in [0.1, 0.15) is 5.60 Å². The van der Waals surface area contributed by atoms with E-state index in [-0.39, 0.29) is 11.9 Å². The van der Waals surface area contributed by atoms with Gasteiger partial charge in [-0.3, -0.25) is 10.1 Å². The molecule has 1 fully saturated rings. The highest BCUT2D eigenvalue weighted by Gasteiger charge is 2.29. The van der Waals surface area contributed by atoms with Gasteiger partial charge in [0.2, 0.25) is 0 Å². The Morgan fingerprint density at radius 1 is 1.12 bits per heavy atom. The summed E-state index contributed by atoms with van der Waals surface area (Å²) in [4.78, 5) is 26.7. The van der Waals surface area contributed by atoms with Crippen molar-refractivity contribution in [1.29, 1.82) is 0 Å². The van der Waals surface area contributed by atoms with Crippen LogP contribution in [0.25, 0.3) is 0 Å². The number of anilines is 1. The van der Waals surface area contributed by atoms with Crippen LogP contribution >= 0.6 is 0 Å². The number of amides is 2. The lowest BCUT2D eigenvalue weighted by atomic mass is 10.1. The van der Waals surface area contributed by atoms with Gasteiger partial charge < -0.3 is 9.64 Å². The van der Waals surface area contributed by atoms with Crippen molar-refractivity contribution in [2.24, 2.45) is 0 Å². The highest BCUT2D eigenvalue weighted by molar-refractivity contribution is 5.95. The van der Waals surface area contributed by atoms with Gasteiger partial charge in [0.15, 0.2) is 0 Å². The molecule has 1 saturated carbocycles. The number of nitrogens with zero attached hydrogens (tertiary/aromatic N) is 1. The molecule has 138 valence electrons. The fourth-order valence-electron chi connectivity index (χ4n) is 3.27. The quantitative estimate of drug-likeness (QED) is 0.850. The van der Waals surface area contributed by atoms with Crippen LogP contribution in [-0.2, 0) is 4.74 Å². The van der Waals surface area contributed by atoms with Crippen LogP contribution < -0.4 is 5.32 Å². The average Bonchev–Trinajstić information content (AvgIpc) is 2.99. The molecule has 0 saturated heterocycles. The minimum absolute atomic E-state index is 0.0609. The van der Waals surface area contributed by atoms with E-state index in [1.807, 2.05) is 25.7 Å². The number of carbonyl (C=O) groups excluding carboxylic acids is 2. The van der Waals surface area contributed by atoms with Crippen LogP contribution in [0.15, 0.2) is 24.3 Å². The number of ether oxygens (including phenoxy) is 1. The molecular formula is C20H30N2O3. The molecule has 0 radical (unpaired) electrons. The Morgan fingerprint density at radius 2 is 1.68 bits per heavy atom. The summed E-state index contributed by atoms with van der Waals surface area (Å²) in [6, 6.07) is 7.52. The van der Waals surface area contributed by atoms with Crippen molar-refractivity contribution in [2.75, 3.05) is 5.32 Å². The predicted octanol–water partition coefficient (Wildman–Crippen LogP) is 4.83. The molecule has 1 aliphatic carbocycles. The Kier molecular flexibility index (Phi) is 6.09. The van der Waals surface area contributed by atoms with Gasteiger partial charge >= 0.3 is 6.09 Å². The van der Waals surface area contributed by atoms with E-state index in [9.17, 15) is 9.59 Å². The van der Waals surface area contributed by atoms with Crippen LogP contribution in [0.1, 0.15) is 70.7 Å². The van der Waals surface area contributed by atoms with E-state index in [0.29, 0.717) is 17.3 Å². The van der Waals surface area contributed by atoms with Gasteiger partial charge in [-0.1, -0.05) is 12.8 Å². The van der Waals surface area contributed by atoms with Gasteiger partial charge in [0.05, 0.1) is 0 Å². The summed E-state index contributed by atoms with van der Waals surface area (Å²) in [6.07, 6.45) is 4.06. The fraction of sp³-hybridized carbons (Fsp3) is 0.600. The average molecular weight is 346 g/mol. The summed E-state index contributed by atoms with van der Waals surface area (Å²) < 4.78 is 5.23. The maximum atomic E-state index is 12.9. The van der Waals surface area contributed by atoms with Crippen LogP contribution in [0.3, 0.4) is 0 Å². The number of hydrogen-bond donors (Lipinski definition) is 1. The molecule has 1 N–H and O–H groups in total. The van der Waals surface area contributed by atoms with E-state index in [4.69, 9.17) is 4.74 Å². The Hall–Kier alpha value is -2.04. The first-order valence-electron chi connectivity index (χ1n) is 9.10. The maximum absolute atomic E-state index is 12.9. The Labute approximate surface area is 150 Å². The lowest BCUT2D eigenvalue weighted by Gasteiger charge is -2.33. The molecule has 1 aliphatic rings. The summed E-state index contributed by atoms with van der Waals surface area (Å²) in [6.45, 7) is 9.58. The number of rotatable bonds is 4. The predicted molar refractivity (Wildman–Crippen MR) is 99.9 cm³/mol. The lowest BCUT2D eigenvalue weighted by Crippen LogP contribution is -2.43. The van der Waals surface area contributed by atoms with Crippen molar-refractivity contribution in [3.05, 3.63) is 29.8 Å². The smallest absolute Gasteiger partial charge is 0.412 e. The summed E-state index contributed by atoms with van der Waals surface area (Å²) in [5.74, 6) is 0.0609. The van der Waals surface area contributed by atoms with Crippen molar-refractivity contribution in [3.8, 4) is 0 Å². The molecule has 5 nitrogen and oxygen atoms in total. The van der Waals surface area contributed by atoms with Crippen molar-refractivity contribution in [3.63, 3.8) is 0 Å². The SMILES string of the molecule is CC(C)N(C(=O)c1ccc(NC(=O)OC(C)(C)C)cc1)C1CCCC1. The molecule has 25 heavy (non-hydrogen) atoms. The summed E-state index contributed by atoms with van der Waals surface area (Å²) in [5.41, 5.74) is 0.720. The highest BCUT2D eigenvalue weighted by Crippen LogP contribution is 2.27. The van der Waals surface area contributed by atoms with Gasteiger partial charge in [-0.05, 0) is 71.7 Å². The largest absolute Gasteiger partial charge is 0.444 e. The third kappa shape index (κ3) is 5.48. The van der Waals surface area contributed by atoms with Crippen LogP contribution in [-0.4, -0.2) is 34.6 Å². The Bertz CT molecular complexity index is 596. The van der Waals surface area contributed by atoms with Gasteiger partial charge in [-0.2, -0.15) is 0 Å². The van der Waals surface area contributed by atoms with Gasteiger partial charge in [-0.25, -0.2) is 4.79 Å². The minimum atomic E-state index is -0.543. The standard InChI is InChI=1S/C20H30N2O3/c1-14(2)22(17-8-6-7-9-17)18(23)15-10-12-16(13-11-15)21-19(24)25-20(3,4)5/h10-14,17H,6-9H2,1-5H3,(H,21,24). The molecule has 5 heteroatoms. The molecule has 2 amide bonds. The summed E-state index contributed by atoms with van der Waals surface area (Å²) in [7, 11) is 0. The third-order valence-corrected chi connectivity index (χ3v) is 4.29. The van der Waals surface area contributed by atoms with E-state index in [1.165, 1.54) is 12.8 Å². The maximum Gasteiger partial charge on any atom is 0.412 e. The van der Waals surface area contributed by atoms with Gasteiger partial charge in [0, 0.05) is 23.3 Å². The molecule has 0 atom stereocenters. The van der Waals surface area contributed by atoms with Gasteiger partial charge in [0.25, 0.3) is 5.91 Å². The second kappa shape index (κ2) is 7.89. The van der Waals surface area contributed by atoms with Crippen LogP contribution in [0.2, 0.25) is 0 Å². The van der Waals surface area contributed by atoms with Crippen molar-refractivity contribution in [2.45, 2.75) is 78.0 Å². The van der Waals surface area contributed by atoms with Crippen LogP contribution in [0.5, 0.6) is 0 Å². The zero-order valence-electron chi connectivity index (χ0n) is 16.0. The number of benzene rings is 1. The molecule has 2 rings (SSSR count). The fourth-order valence-corrected chi connectivity index (χ4v) is 3.27. The zero-order valence-corrected chi connectivity index (χ0v) is 16.0. The topological polar surface area (TPSA) is 58.6 Å². The molecule has 0 heterocycles. The van der Waals surface area contributed by atoms with Crippen molar-refractivity contribution >= 4 is 17.7 Å². The van der Waals surface area contributed by atoms with Crippen molar-refractivity contribution < 1.29 is 14.3 Å². The molecule has 1 aromatic carbocycles. The third-order valence-electron chi connectivity index (χ3n) is 4.29. The second-order valence-electron chi connectivity index (χ2n) is 7.95. The Morgan fingerprint density at radius 3 is 2.16 bits per heavy atom. The van der Waals surface area contributed by atoms with E-state index < -0.39 is 11.7 Å². The molecule has 0 aromatic heterocycles. The molecule has 0 unspecified atom stereocenters. The van der Waals surface area contributed by atoms with E-state index in [1.54, 1.807) is 24.3 Å². The van der Waals surface area contributed by atoms with E-state index >= 15 is 0 Å². The lowest BCUT2D eigenvalue weighted by molar-refractivity contribution is 0.0610. The molecule has 0 aliphatic heterocycles. The molecule has 0 bridgehead atoms. The first-order chi connectivity index (χ1) is 11.7. The second-order valence-corrected chi connectivity index (χ2v) is 7.95. The summed E-state index contributed by atoms with van der Waals surface area (Å²) >= 11 is 0. The van der Waals surface area contributed by atoms with Crippen LogP contribution in [0.4, 0.5) is 10.5 Å². The van der Waals surface area contributed by atoms with Gasteiger partial charge in [-0.15, -0.1) is 0 Å². The molecule has 1 aromatic rings. The zero-order chi connectivity index (χ0) is 18.6.